The van der Waals surface area contributed by atoms with Crippen LogP contribution >= 0.6 is 0 Å². The van der Waals surface area contributed by atoms with Crippen molar-refractivity contribution in [1.29, 1.82) is 0 Å². The average Bonchev–Trinajstić information content (AvgIpc) is 3.37. The van der Waals surface area contributed by atoms with Gasteiger partial charge in [0, 0.05) is 20.0 Å². The molecule has 0 saturated carbocycles. The number of nitrogens with one attached hydrogen (secondary N) is 1. The first-order chi connectivity index (χ1) is 19.3. The summed E-state index contributed by atoms with van der Waals surface area (Å²) in [6, 6.07) is 0. The quantitative estimate of drug-likeness (QED) is 0.442. The predicted molar refractivity (Wildman–Crippen MR) is 160 cm³/mol. The SMILES string of the molecule is CC(=O)Nc1nc(N2CCC2)c2ncn(C3OC4CO[Si](C(C)C)(C(C)C)O[Si](C(C)C)(C(C)C)OC4C3O)c2n1. The molecular weight excluding hydrogens is 561 g/mol. The number of rotatable bonds is 7. The van der Waals surface area contributed by atoms with Crippen molar-refractivity contribution in [3.63, 3.8) is 0 Å². The molecule has 3 fully saturated rings. The van der Waals surface area contributed by atoms with E-state index in [1.54, 1.807) is 10.9 Å². The summed E-state index contributed by atoms with van der Waals surface area (Å²) < 4.78 is 29.5. The highest BCUT2D eigenvalue weighted by molar-refractivity contribution is 6.84. The van der Waals surface area contributed by atoms with Crippen LogP contribution in [0, 0.1) is 0 Å². The molecule has 3 aliphatic heterocycles. The van der Waals surface area contributed by atoms with Crippen LogP contribution in [0.2, 0.25) is 22.2 Å². The van der Waals surface area contributed by atoms with Gasteiger partial charge >= 0.3 is 17.1 Å². The molecule has 2 aromatic heterocycles. The van der Waals surface area contributed by atoms with E-state index in [0.29, 0.717) is 17.0 Å². The molecule has 5 rings (SSSR count). The molecule has 3 aliphatic rings. The molecule has 14 heteroatoms. The molecule has 0 radical (unpaired) electrons. The molecule has 0 aliphatic carbocycles. The van der Waals surface area contributed by atoms with E-state index in [0.717, 1.165) is 19.5 Å². The summed E-state index contributed by atoms with van der Waals surface area (Å²) in [6.07, 6.45) is -0.303. The van der Waals surface area contributed by atoms with Gasteiger partial charge < -0.3 is 27.7 Å². The van der Waals surface area contributed by atoms with Crippen molar-refractivity contribution in [2.75, 3.05) is 29.9 Å². The van der Waals surface area contributed by atoms with Crippen LogP contribution in [0.5, 0.6) is 0 Å². The lowest BCUT2D eigenvalue weighted by molar-refractivity contribution is -0.114. The minimum absolute atomic E-state index is 0.126. The standard InChI is InChI=1S/C27H46N6O6Si2/c1-15(2)40(16(3)4)36-13-20-23(38-41(39-40,17(5)6)18(7)8)22(35)26(37-20)33-14-28-21-24(32-11-10-12-32)30-27(29-19(9)34)31-25(21)33/h14-18,20,22-23,26,35H,10-13H2,1-9H3,(H,29,30,31,34). The van der Waals surface area contributed by atoms with Gasteiger partial charge in [0.15, 0.2) is 23.2 Å². The Hall–Kier alpha value is -1.95. The number of anilines is 2. The van der Waals surface area contributed by atoms with Crippen molar-refractivity contribution in [3.8, 4) is 0 Å². The van der Waals surface area contributed by atoms with Gasteiger partial charge in [0.2, 0.25) is 11.9 Å². The maximum absolute atomic E-state index is 11.9. The first-order valence-electron chi connectivity index (χ1n) is 14.9. The van der Waals surface area contributed by atoms with E-state index in [1.165, 1.54) is 6.92 Å². The highest BCUT2D eigenvalue weighted by atomic mass is 28.5. The lowest BCUT2D eigenvalue weighted by Gasteiger charge is -2.51. The smallest absolute Gasteiger partial charge is 0.335 e. The second-order valence-electron chi connectivity index (χ2n) is 12.8. The van der Waals surface area contributed by atoms with E-state index in [-0.39, 0.29) is 40.6 Å². The molecule has 4 atom stereocenters. The summed E-state index contributed by atoms with van der Waals surface area (Å²) in [6.45, 7) is 20.7. The second-order valence-corrected chi connectivity index (χ2v) is 21.7. The van der Waals surface area contributed by atoms with E-state index < -0.39 is 41.7 Å². The first kappa shape index (κ1) is 30.5. The number of fused-ring (bicyclic) bond motifs is 2. The molecule has 41 heavy (non-hydrogen) atoms. The molecule has 3 saturated heterocycles. The summed E-state index contributed by atoms with van der Waals surface area (Å²) >= 11 is 0. The van der Waals surface area contributed by atoms with Gasteiger partial charge in [-0.25, -0.2) is 4.98 Å². The third-order valence-corrected chi connectivity index (χ3v) is 19.0. The normalized spacial score (nSPS) is 27.8. The first-order valence-corrected chi connectivity index (χ1v) is 18.9. The van der Waals surface area contributed by atoms with Crippen LogP contribution in [-0.4, -0.2) is 85.7 Å². The highest BCUT2D eigenvalue weighted by Crippen LogP contribution is 2.48. The van der Waals surface area contributed by atoms with Gasteiger partial charge in [-0.2, -0.15) is 9.97 Å². The van der Waals surface area contributed by atoms with Gasteiger partial charge in [-0.05, 0) is 28.6 Å². The molecule has 12 nitrogen and oxygen atoms in total. The molecule has 5 heterocycles. The Bertz CT molecular complexity index is 1250. The molecular formula is C27H46N6O6Si2. The van der Waals surface area contributed by atoms with Crippen molar-refractivity contribution in [2.45, 2.75) is 115 Å². The zero-order chi connectivity index (χ0) is 29.9. The monoisotopic (exact) mass is 606 g/mol. The van der Waals surface area contributed by atoms with Crippen LogP contribution in [0.3, 0.4) is 0 Å². The molecule has 228 valence electrons. The summed E-state index contributed by atoms with van der Waals surface area (Å²) in [4.78, 5) is 27.8. The lowest BCUT2D eigenvalue weighted by Crippen LogP contribution is -2.65. The van der Waals surface area contributed by atoms with Crippen LogP contribution in [-0.2, 0) is 22.5 Å². The number of nitrogens with zero attached hydrogens (tertiary/aromatic N) is 5. The number of hydrogen-bond donors (Lipinski definition) is 2. The van der Waals surface area contributed by atoms with Crippen molar-refractivity contribution >= 4 is 46.0 Å². The Labute approximate surface area is 244 Å². The number of hydrogen-bond acceptors (Lipinski definition) is 10. The lowest BCUT2D eigenvalue weighted by atomic mass is 10.1. The number of amides is 1. The van der Waals surface area contributed by atoms with Crippen LogP contribution < -0.4 is 10.2 Å². The fourth-order valence-corrected chi connectivity index (χ4v) is 17.6. The Morgan fingerprint density at radius 1 is 1.02 bits per heavy atom. The van der Waals surface area contributed by atoms with Crippen LogP contribution in [0.1, 0.15) is 75.0 Å². The van der Waals surface area contributed by atoms with Crippen molar-refractivity contribution in [3.05, 3.63) is 6.33 Å². The fraction of sp³-hybridized carbons (Fsp3) is 0.778. The molecule has 2 aromatic rings. The highest BCUT2D eigenvalue weighted by Gasteiger charge is 2.61. The van der Waals surface area contributed by atoms with Gasteiger partial charge in [0.05, 0.1) is 12.9 Å². The topological polar surface area (TPSA) is 133 Å². The Morgan fingerprint density at radius 2 is 1.66 bits per heavy atom. The summed E-state index contributed by atoms with van der Waals surface area (Å²) in [5.74, 6) is 0.583. The number of carbonyl (C=O) groups excluding carboxylic acids is 1. The fourth-order valence-electron chi connectivity index (χ4n) is 6.42. The van der Waals surface area contributed by atoms with Gasteiger partial charge in [0.25, 0.3) is 0 Å². The molecule has 1 amide bonds. The Morgan fingerprint density at radius 3 is 2.20 bits per heavy atom. The molecule has 4 unspecified atom stereocenters. The maximum Gasteiger partial charge on any atom is 0.335 e. The molecule has 2 N–H and O–H groups in total. The Kier molecular flexibility index (Phi) is 8.39. The number of ether oxygens (including phenoxy) is 1. The Balaban J connectivity index is 1.57. The third-order valence-electron chi connectivity index (χ3n) is 8.76. The molecule has 0 spiro atoms. The van der Waals surface area contributed by atoms with Crippen LogP contribution in [0.4, 0.5) is 11.8 Å². The van der Waals surface area contributed by atoms with Gasteiger partial charge in [0.1, 0.15) is 18.3 Å². The largest absolute Gasteiger partial charge is 0.414 e. The van der Waals surface area contributed by atoms with E-state index in [1.807, 2.05) is 0 Å². The summed E-state index contributed by atoms with van der Waals surface area (Å²) in [7, 11) is -5.68. The zero-order valence-electron chi connectivity index (χ0n) is 25.7. The average molecular weight is 607 g/mol. The number of aromatic nitrogens is 4. The third kappa shape index (κ3) is 5.14. The summed E-state index contributed by atoms with van der Waals surface area (Å²) in [5.41, 5.74) is 1.73. The van der Waals surface area contributed by atoms with E-state index in [9.17, 15) is 9.90 Å². The van der Waals surface area contributed by atoms with Gasteiger partial charge in [-0.1, -0.05) is 55.4 Å². The van der Waals surface area contributed by atoms with E-state index in [4.69, 9.17) is 17.7 Å². The van der Waals surface area contributed by atoms with E-state index >= 15 is 0 Å². The summed E-state index contributed by atoms with van der Waals surface area (Å²) in [5, 5.41) is 14.5. The number of aliphatic hydroxyl groups is 1. The van der Waals surface area contributed by atoms with Crippen LogP contribution in [0.15, 0.2) is 6.33 Å². The minimum Gasteiger partial charge on any atom is -0.414 e. The molecule has 0 bridgehead atoms. The van der Waals surface area contributed by atoms with E-state index in [2.05, 4.69) is 80.6 Å². The minimum atomic E-state index is -2.93. The second kappa shape index (κ2) is 11.3. The van der Waals surface area contributed by atoms with Gasteiger partial charge in [-0.15, -0.1) is 0 Å². The zero-order valence-corrected chi connectivity index (χ0v) is 27.7. The number of imidazole rings is 1. The van der Waals surface area contributed by atoms with Crippen molar-refractivity contribution in [2.24, 2.45) is 0 Å². The molecule has 0 aromatic carbocycles. The number of aliphatic hydroxyl groups excluding tert-OH is 1. The predicted octanol–water partition coefficient (Wildman–Crippen LogP) is 4.21. The van der Waals surface area contributed by atoms with Crippen LogP contribution in [0.25, 0.3) is 11.2 Å². The number of carbonyl (C=O) groups is 1. The van der Waals surface area contributed by atoms with Gasteiger partial charge in [-0.3, -0.25) is 14.7 Å². The van der Waals surface area contributed by atoms with Crippen molar-refractivity contribution in [1.82, 2.24) is 19.5 Å². The van der Waals surface area contributed by atoms with Crippen molar-refractivity contribution < 1.29 is 27.6 Å². The maximum atomic E-state index is 11.9.